The summed E-state index contributed by atoms with van der Waals surface area (Å²) in [6.45, 7) is 4.10. The van der Waals surface area contributed by atoms with Crippen LogP contribution in [-0.4, -0.2) is 5.78 Å². The summed E-state index contributed by atoms with van der Waals surface area (Å²) in [4.78, 5) is 13.0. The van der Waals surface area contributed by atoms with E-state index in [-0.39, 0.29) is 5.78 Å². The van der Waals surface area contributed by atoms with Crippen molar-refractivity contribution in [3.8, 4) is 0 Å². The minimum atomic E-state index is 0.0186. The van der Waals surface area contributed by atoms with Gasteiger partial charge in [-0.2, -0.15) is 0 Å². The highest BCUT2D eigenvalue weighted by atomic mass is 35.5. The third-order valence-electron chi connectivity index (χ3n) is 3.14. The molecule has 0 amide bonds. The van der Waals surface area contributed by atoms with E-state index in [0.717, 1.165) is 12.0 Å². The number of rotatable bonds is 5. The Morgan fingerprint density at radius 3 is 2.47 bits per heavy atom. The van der Waals surface area contributed by atoms with Crippen LogP contribution >= 0.6 is 22.9 Å². The van der Waals surface area contributed by atoms with Crippen LogP contribution in [0.2, 0.25) is 5.02 Å². The van der Waals surface area contributed by atoms with Crippen LogP contribution in [0, 0.1) is 6.92 Å². The van der Waals surface area contributed by atoms with E-state index in [1.54, 1.807) is 0 Å². The lowest BCUT2D eigenvalue weighted by atomic mass is 10.0. The van der Waals surface area contributed by atoms with Crippen LogP contribution < -0.4 is 0 Å². The van der Waals surface area contributed by atoms with Crippen LogP contribution in [0.25, 0.3) is 0 Å². The molecule has 3 heteroatoms. The standard InChI is InChI=1S/C16H17ClOS/c1-3-4-5-12-6-8-13(9-7-12)15(18)16-14(17)11(2)10-19-16/h6-10H,3-5H2,1-2H3. The lowest BCUT2D eigenvalue weighted by Crippen LogP contribution is -1.99. The number of halogens is 1. The maximum absolute atomic E-state index is 12.3. The Morgan fingerprint density at radius 2 is 1.95 bits per heavy atom. The lowest BCUT2D eigenvalue weighted by Gasteiger charge is -2.03. The van der Waals surface area contributed by atoms with E-state index < -0.39 is 0 Å². The van der Waals surface area contributed by atoms with Crippen molar-refractivity contribution in [2.24, 2.45) is 0 Å². The highest BCUT2D eigenvalue weighted by Gasteiger charge is 2.16. The third-order valence-corrected chi connectivity index (χ3v) is 4.84. The molecule has 1 aromatic carbocycles. The zero-order valence-corrected chi connectivity index (χ0v) is 12.8. The molecule has 0 saturated carbocycles. The quantitative estimate of drug-likeness (QED) is 0.685. The summed E-state index contributed by atoms with van der Waals surface area (Å²) in [6.07, 6.45) is 3.44. The Balaban J connectivity index is 2.18. The van der Waals surface area contributed by atoms with Crippen LogP contribution in [0.15, 0.2) is 29.6 Å². The van der Waals surface area contributed by atoms with Crippen molar-refractivity contribution in [3.63, 3.8) is 0 Å². The Hall–Kier alpha value is -1.12. The first-order chi connectivity index (χ1) is 9.13. The minimum Gasteiger partial charge on any atom is -0.288 e. The van der Waals surface area contributed by atoms with E-state index in [9.17, 15) is 4.79 Å². The van der Waals surface area contributed by atoms with E-state index in [1.807, 2.05) is 36.6 Å². The molecule has 100 valence electrons. The lowest BCUT2D eigenvalue weighted by molar-refractivity contribution is 0.104. The highest BCUT2D eigenvalue weighted by molar-refractivity contribution is 7.13. The number of thiophene rings is 1. The number of carbonyl (C=O) groups is 1. The molecule has 1 heterocycles. The van der Waals surface area contributed by atoms with Crippen molar-refractivity contribution in [3.05, 3.63) is 56.2 Å². The molecule has 0 saturated heterocycles. The molecule has 2 aromatic rings. The highest BCUT2D eigenvalue weighted by Crippen LogP contribution is 2.29. The Morgan fingerprint density at radius 1 is 1.26 bits per heavy atom. The first-order valence-corrected chi connectivity index (χ1v) is 7.76. The molecule has 0 atom stereocenters. The summed E-state index contributed by atoms with van der Waals surface area (Å²) < 4.78 is 0. The van der Waals surface area contributed by atoms with Crippen molar-refractivity contribution in [2.75, 3.05) is 0 Å². The number of hydrogen-bond acceptors (Lipinski definition) is 2. The molecule has 1 nitrogen and oxygen atoms in total. The second-order valence-electron chi connectivity index (χ2n) is 4.69. The molecule has 0 aliphatic carbocycles. The average Bonchev–Trinajstić information content (AvgIpc) is 2.76. The molecular weight excluding hydrogens is 276 g/mol. The number of unbranched alkanes of at least 4 members (excludes halogenated alkanes) is 1. The van der Waals surface area contributed by atoms with Gasteiger partial charge in [-0.05, 0) is 36.3 Å². The first kappa shape index (κ1) is 14.3. The smallest absolute Gasteiger partial charge is 0.204 e. The molecular formula is C16H17ClOS. The maximum atomic E-state index is 12.3. The molecule has 0 radical (unpaired) electrons. The zero-order chi connectivity index (χ0) is 13.8. The molecule has 0 spiro atoms. The summed E-state index contributed by atoms with van der Waals surface area (Å²) >= 11 is 7.56. The molecule has 19 heavy (non-hydrogen) atoms. The molecule has 2 rings (SSSR count). The molecule has 0 bridgehead atoms. The SMILES string of the molecule is CCCCc1ccc(C(=O)c2scc(C)c2Cl)cc1. The van der Waals surface area contributed by atoms with E-state index in [4.69, 9.17) is 11.6 Å². The second-order valence-corrected chi connectivity index (χ2v) is 5.95. The van der Waals surface area contributed by atoms with Gasteiger partial charge in [0.05, 0.1) is 9.90 Å². The molecule has 0 aliphatic rings. The number of benzene rings is 1. The summed E-state index contributed by atoms with van der Waals surface area (Å²) in [5, 5.41) is 2.51. The predicted molar refractivity (Wildman–Crippen MR) is 82.6 cm³/mol. The van der Waals surface area contributed by atoms with Gasteiger partial charge < -0.3 is 0 Å². The summed E-state index contributed by atoms with van der Waals surface area (Å²) in [7, 11) is 0. The van der Waals surface area contributed by atoms with Gasteiger partial charge in [-0.1, -0.05) is 49.2 Å². The fourth-order valence-corrected chi connectivity index (χ4v) is 3.16. The van der Waals surface area contributed by atoms with Gasteiger partial charge in [0, 0.05) is 5.56 Å². The Labute approximate surface area is 123 Å². The van der Waals surface area contributed by atoms with Crippen molar-refractivity contribution in [1.82, 2.24) is 0 Å². The van der Waals surface area contributed by atoms with Gasteiger partial charge >= 0.3 is 0 Å². The Kier molecular flexibility index (Phi) is 4.78. The number of carbonyl (C=O) groups excluding carboxylic acids is 1. The van der Waals surface area contributed by atoms with E-state index in [2.05, 4.69) is 6.92 Å². The van der Waals surface area contributed by atoms with Gasteiger partial charge in [-0.25, -0.2) is 0 Å². The van der Waals surface area contributed by atoms with Crippen LogP contribution in [0.4, 0.5) is 0 Å². The van der Waals surface area contributed by atoms with Crippen molar-refractivity contribution in [2.45, 2.75) is 33.1 Å². The van der Waals surface area contributed by atoms with E-state index >= 15 is 0 Å². The molecule has 0 fully saturated rings. The van der Waals surface area contributed by atoms with Crippen LogP contribution in [0.5, 0.6) is 0 Å². The van der Waals surface area contributed by atoms with Crippen molar-refractivity contribution < 1.29 is 4.79 Å². The fourth-order valence-electron chi connectivity index (χ4n) is 1.92. The Bertz CT molecular complexity index is 569. The molecule has 1 aromatic heterocycles. The van der Waals surface area contributed by atoms with Gasteiger partial charge in [0.25, 0.3) is 0 Å². The monoisotopic (exact) mass is 292 g/mol. The van der Waals surface area contributed by atoms with Crippen LogP contribution in [-0.2, 0) is 6.42 Å². The largest absolute Gasteiger partial charge is 0.288 e. The molecule has 0 unspecified atom stereocenters. The van der Waals surface area contributed by atoms with Crippen molar-refractivity contribution >= 4 is 28.7 Å². The summed E-state index contributed by atoms with van der Waals surface area (Å²) in [5.41, 5.74) is 2.96. The predicted octanol–water partition coefficient (Wildman–Crippen LogP) is 5.28. The third kappa shape index (κ3) is 3.26. The second kappa shape index (κ2) is 6.36. The van der Waals surface area contributed by atoms with Crippen LogP contribution in [0.1, 0.15) is 46.1 Å². The summed E-state index contributed by atoms with van der Waals surface area (Å²) in [6, 6.07) is 7.88. The minimum absolute atomic E-state index is 0.0186. The summed E-state index contributed by atoms with van der Waals surface area (Å²) in [5.74, 6) is 0.0186. The number of hydrogen-bond donors (Lipinski definition) is 0. The number of ketones is 1. The average molecular weight is 293 g/mol. The topological polar surface area (TPSA) is 17.1 Å². The van der Waals surface area contributed by atoms with Gasteiger partial charge in [0.1, 0.15) is 0 Å². The van der Waals surface area contributed by atoms with E-state index in [1.165, 1.54) is 29.7 Å². The van der Waals surface area contributed by atoms with Crippen LogP contribution in [0.3, 0.4) is 0 Å². The van der Waals surface area contributed by atoms with Gasteiger partial charge in [-0.3, -0.25) is 4.79 Å². The van der Waals surface area contributed by atoms with Crippen molar-refractivity contribution in [1.29, 1.82) is 0 Å². The normalized spacial score (nSPS) is 10.7. The molecule has 0 aliphatic heterocycles. The number of aryl methyl sites for hydroxylation is 2. The fraction of sp³-hybridized carbons (Fsp3) is 0.312. The molecule has 0 N–H and O–H groups in total. The van der Waals surface area contributed by atoms with E-state index in [0.29, 0.717) is 15.5 Å². The first-order valence-electron chi connectivity index (χ1n) is 6.50. The maximum Gasteiger partial charge on any atom is 0.204 e. The van der Waals surface area contributed by atoms with Gasteiger partial charge in [0.15, 0.2) is 0 Å². The zero-order valence-electron chi connectivity index (χ0n) is 11.2. The van der Waals surface area contributed by atoms with Gasteiger partial charge in [-0.15, -0.1) is 11.3 Å². The van der Waals surface area contributed by atoms with Gasteiger partial charge in [0.2, 0.25) is 5.78 Å².